The second-order valence-electron chi connectivity index (χ2n) is 8.33. The van der Waals surface area contributed by atoms with Crippen molar-refractivity contribution in [3.8, 4) is 22.6 Å². The van der Waals surface area contributed by atoms with Gasteiger partial charge >= 0.3 is 5.97 Å². The zero-order valence-corrected chi connectivity index (χ0v) is 17.3. The molecule has 160 valence electrons. The van der Waals surface area contributed by atoms with E-state index in [1.165, 1.54) is 6.33 Å². The van der Waals surface area contributed by atoms with Crippen molar-refractivity contribution in [3.05, 3.63) is 48.7 Å². The molecular formula is C23H25N5O3. The fraction of sp³-hybridized carbons (Fsp3) is 0.435. The summed E-state index contributed by atoms with van der Waals surface area (Å²) in [6, 6.07) is 9.80. The van der Waals surface area contributed by atoms with Gasteiger partial charge in [0.15, 0.2) is 0 Å². The van der Waals surface area contributed by atoms with Crippen LogP contribution in [0.3, 0.4) is 0 Å². The van der Waals surface area contributed by atoms with Crippen LogP contribution in [0, 0.1) is 11.8 Å². The van der Waals surface area contributed by atoms with E-state index in [1.807, 2.05) is 30.3 Å². The summed E-state index contributed by atoms with van der Waals surface area (Å²) in [5.41, 5.74) is 2.78. The fourth-order valence-corrected chi connectivity index (χ4v) is 3.95. The Morgan fingerprint density at radius 3 is 2.74 bits per heavy atom. The molecule has 1 unspecified atom stereocenters. The van der Waals surface area contributed by atoms with Gasteiger partial charge in [0.25, 0.3) is 0 Å². The average Bonchev–Trinajstić information content (AvgIpc) is 3.58. The van der Waals surface area contributed by atoms with Gasteiger partial charge in [0.2, 0.25) is 11.7 Å². The number of carbonyl (C=O) groups excluding carboxylic acids is 1. The molecule has 0 bridgehead atoms. The van der Waals surface area contributed by atoms with E-state index in [0.717, 1.165) is 55.6 Å². The second-order valence-corrected chi connectivity index (χ2v) is 8.33. The molecule has 1 saturated carbocycles. The van der Waals surface area contributed by atoms with Gasteiger partial charge in [-0.25, -0.2) is 9.97 Å². The normalized spacial score (nSPS) is 19.3. The van der Waals surface area contributed by atoms with Gasteiger partial charge in [0.1, 0.15) is 6.33 Å². The Morgan fingerprint density at radius 1 is 1.13 bits per heavy atom. The molecule has 0 N–H and O–H groups in total. The summed E-state index contributed by atoms with van der Waals surface area (Å²) in [5.74, 6) is 1.69. The van der Waals surface area contributed by atoms with Gasteiger partial charge in [-0.3, -0.25) is 9.69 Å². The van der Waals surface area contributed by atoms with Crippen LogP contribution in [0.25, 0.3) is 22.6 Å². The van der Waals surface area contributed by atoms with E-state index in [4.69, 9.17) is 9.26 Å². The Labute approximate surface area is 180 Å². The summed E-state index contributed by atoms with van der Waals surface area (Å²) < 4.78 is 11.0. The molecule has 1 aromatic carbocycles. The standard InChI is InChI=1S/C23H25N5O3/c29-23(19-7-8-19)30-14-16-2-1-11-28(12-16)13-21-26-22(27-31-21)18-5-3-17(4-6-18)20-9-10-24-15-25-20/h3-6,9-10,15-16,19H,1-2,7-8,11-14H2. The van der Waals surface area contributed by atoms with Crippen LogP contribution >= 0.6 is 0 Å². The van der Waals surface area contributed by atoms with Gasteiger partial charge in [-0.05, 0) is 38.3 Å². The summed E-state index contributed by atoms with van der Waals surface area (Å²) >= 11 is 0. The van der Waals surface area contributed by atoms with Crippen LogP contribution in [0.1, 0.15) is 31.6 Å². The Kier molecular flexibility index (Phi) is 5.71. The Hall–Kier alpha value is -3.13. The highest BCUT2D eigenvalue weighted by Crippen LogP contribution is 2.30. The first-order chi connectivity index (χ1) is 15.2. The molecule has 2 fully saturated rings. The van der Waals surface area contributed by atoms with Crippen molar-refractivity contribution in [1.29, 1.82) is 0 Å². The average molecular weight is 419 g/mol. The van der Waals surface area contributed by atoms with Crippen LogP contribution in [-0.2, 0) is 16.1 Å². The SMILES string of the molecule is O=C(OCC1CCCN(Cc2nc(-c3ccc(-c4ccncn4)cc3)no2)C1)C1CC1. The van der Waals surface area contributed by atoms with Crippen molar-refractivity contribution in [2.24, 2.45) is 11.8 Å². The first kappa shape index (κ1) is 19.8. The number of rotatable bonds is 7. The lowest BCUT2D eigenvalue weighted by atomic mass is 9.99. The van der Waals surface area contributed by atoms with Crippen molar-refractivity contribution >= 4 is 5.97 Å². The van der Waals surface area contributed by atoms with E-state index in [1.54, 1.807) is 6.20 Å². The van der Waals surface area contributed by atoms with E-state index in [0.29, 0.717) is 30.8 Å². The van der Waals surface area contributed by atoms with Gasteiger partial charge in [-0.15, -0.1) is 0 Å². The van der Waals surface area contributed by atoms with Crippen LogP contribution in [0.5, 0.6) is 0 Å². The summed E-state index contributed by atoms with van der Waals surface area (Å²) in [4.78, 5) is 26.9. The predicted molar refractivity (Wildman–Crippen MR) is 112 cm³/mol. The zero-order chi connectivity index (χ0) is 21.0. The molecule has 8 heteroatoms. The number of hydrogen-bond donors (Lipinski definition) is 0. The number of ether oxygens (including phenoxy) is 1. The lowest BCUT2D eigenvalue weighted by Crippen LogP contribution is -2.37. The summed E-state index contributed by atoms with van der Waals surface area (Å²) in [6.07, 6.45) is 7.40. The first-order valence-electron chi connectivity index (χ1n) is 10.8. The monoisotopic (exact) mass is 419 g/mol. The van der Waals surface area contributed by atoms with E-state index < -0.39 is 0 Å². The number of piperidine rings is 1. The molecule has 3 aromatic rings. The van der Waals surface area contributed by atoms with Crippen molar-refractivity contribution < 1.29 is 14.1 Å². The molecule has 1 aliphatic carbocycles. The Morgan fingerprint density at radius 2 is 1.97 bits per heavy atom. The van der Waals surface area contributed by atoms with Crippen LogP contribution in [0.15, 0.2) is 47.4 Å². The Bertz CT molecular complexity index is 1020. The maximum atomic E-state index is 11.8. The minimum Gasteiger partial charge on any atom is -0.465 e. The van der Waals surface area contributed by atoms with E-state index in [-0.39, 0.29) is 11.9 Å². The van der Waals surface area contributed by atoms with Crippen LogP contribution in [0.4, 0.5) is 0 Å². The minimum absolute atomic E-state index is 0.0237. The molecular weight excluding hydrogens is 394 g/mol. The minimum atomic E-state index is -0.0237. The number of benzene rings is 1. The highest BCUT2D eigenvalue weighted by molar-refractivity contribution is 5.74. The molecule has 0 spiro atoms. The zero-order valence-electron chi connectivity index (χ0n) is 17.3. The van der Waals surface area contributed by atoms with E-state index in [9.17, 15) is 4.79 Å². The van der Waals surface area contributed by atoms with Crippen molar-refractivity contribution in [2.45, 2.75) is 32.2 Å². The number of esters is 1. The van der Waals surface area contributed by atoms with E-state index >= 15 is 0 Å². The molecule has 0 amide bonds. The predicted octanol–water partition coefficient (Wildman–Crippen LogP) is 3.36. The van der Waals surface area contributed by atoms with Crippen molar-refractivity contribution in [3.63, 3.8) is 0 Å². The van der Waals surface area contributed by atoms with Crippen molar-refractivity contribution in [2.75, 3.05) is 19.7 Å². The third kappa shape index (κ3) is 4.96. The van der Waals surface area contributed by atoms with Gasteiger partial charge in [0.05, 0.1) is 24.8 Å². The fourth-order valence-electron chi connectivity index (χ4n) is 3.95. The summed E-state index contributed by atoms with van der Waals surface area (Å²) in [5, 5.41) is 4.15. The second kappa shape index (κ2) is 8.93. The molecule has 2 aliphatic rings. The topological polar surface area (TPSA) is 94.2 Å². The number of carbonyl (C=O) groups is 1. The number of aromatic nitrogens is 4. The van der Waals surface area contributed by atoms with Crippen molar-refractivity contribution in [1.82, 2.24) is 25.0 Å². The maximum Gasteiger partial charge on any atom is 0.308 e. The molecule has 31 heavy (non-hydrogen) atoms. The van der Waals surface area contributed by atoms with Gasteiger partial charge in [0, 0.05) is 29.8 Å². The first-order valence-corrected chi connectivity index (χ1v) is 10.8. The molecule has 1 atom stereocenters. The number of hydrogen-bond acceptors (Lipinski definition) is 8. The van der Waals surface area contributed by atoms with Gasteiger partial charge in [-0.2, -0.15) is 4.98 Å². The smallest absolute Gasteiger partial charge is 0.308 e. The van der Waals surface area contributed by atoms with Crippen LogP contribution in [0.2, 0.25) is 0 Å². The quantitative estimate of drug-likeness (QED) is 0.538. The highest BCUT2D eigenvalue weighted by Gasteiger charge is 2.32. The molecule has 0 radical (unpaired) electrons. The Balaban J connectivity index is 1.17. The lowest BCUT2D eigenvalue weighted by Gasteiger charge is -2.31. The third-order valence-electron chi connectivity index (χ3n) is 5.82. The van der Waals surface area contributed by atoms with Gasteiger partial charge < -0.3 is 9.26 Å². The summed E-state index contributed by atoms with van der Waals surface area (Å²) in [6.45, 7) is 2.99. The van der Waals surface area contributed by atoms with Crippen LogP contribution in [-0.4, -0.2) is 50.7 Å². The highest BCUT2D eigenvalue weighted by atomic mass is 16.5. The number of likely N-dealkylation sites (tertiary alicyclic amines) is 1. The molecule has 5 rings (SSSR count). The van der Waals surface area contributed by atoms with Gasteiger partial charge in [-0.1, -0.05) is 29.4 Å². The maximum absolute atomic E-state index is 11.8. The van der Waals surface area contributed by atoms with E-state index in [2.05, 4.69) is 25.0 Å². The third-order valence-corrected chi connectivity index (χ3v) is 5.82. The van der Waals surface area contributed by atoms with Crippen LogP contribution < -0.4 is 0 Å². The molecule has 1 aliphatic heterocycles. The molecule has 2 aromatic heterocycles. The number of nitrogens with zero attached hydrogens (tertiary/aromatic N) is 5. The molecule has 3 heterocycles. The molecule has 1 saturated heterocycles. The lowest BCUT2D eigenvalue weighted by molar-refractivity contribution is -0.147. The summed E-state index contributed by atoms with van der Waals surface area (Å²) in [7, 11) is 0. The largest absolute Gasteiger partial charge is 0.465 e. The molecule has 8 nitrogen and oxygen atoms in total.